The fraction of sp³-hybridized carbons (Fsp3) is 0.294. The number of benzene rings is 2. The van der Waals surface area contributed by atoms with Gasteiger partial charge in [0.05, 0.1) is 18.2 Å². The maximum atomic E-state index is 6.17. The minimum Gasteiger partial charge on any atom is -0.493 e. The fourth-order valence-electron chi connectivity index (χ4n) is 1.87. The third-order valence-corrected chi connectivity index (χ3v) is 3.34. The largest absolute Gasteiger partial charge is 0.493 e. The minimum absolute atomic E-state index is 0.0316. The normalized spacial score (nSPS) is 12.0. The van der Waals surface area contributed by atoms with Crippen molar-refractivity contribution in [3.63, 3.8) is 0 Å². The Morgan fingerprint density at radius 3 is 2.43 bits per heavy atom. The molecule has 0 unspecified atom stereocenters. The molecule has 21 heavy (non-hydrogen) atoms. The number of halogens is 1. The molecule has 0 spiro atoms. The van der Waals surface area contributed by atoms with E-state index in [1.165, 1.54) is 0 Å². The van der Waals surface area contributed by atoms with Gasteiger partial charge in [0, 0.05) is 12.5 Å². The zero-order chi connectivity index (χ0) is 15.1. The van der Waals surface area contributed by atoms with Gasteiger partial charge < -0.3 is 15.2 Å². The summed E-state index contributed by atoms with van der Waals surface area (Å²) in [7, 11) is 0. The van der Waals surface area contributed by atoms with Crippen LogP contribution in [0.5, 0.6) is 11.5 Å². The third-order valence-electron chi connectivity index (χ3n) is 3.04. The molecule has 0 bridgehead atoms. The molecule has 2 aromatic rings. The molecule has 0 amide bonds. The fourth-order valence-corrected chi connectivity index (χ4v) is 2.11. The van der Waals surface area contributed by atoms with E-state index in [0.717, 1.165) is 17.7 Å². The highest BCUT2D eigenvalue weighted by Crippen LogP contribution is 2.27. The molecule has 2 N–H and O–H groups in total. The summed E-state index contributed by atoms with van der Waals surface area (Å²) in [6, 6.07) is 15.3. The lowest BCUT2D eigenvalue weighted by atomic mass is 10.1. The summed E-state index contributed by atoms with van der Waals surface area (Å²) in [4.78, 5) is 0. The molecule has 0 aliphatic heterocycles. The summed E-state index contributed by atoms with van der Waals surface area (Å²) in [6.45, 7) is 3.09. The van der Waals surface area contributed by atoms with Crippen molar-refractivity contribution < 1.29 is 9.47 Å². The van der Waals surface area contributed by atoms with Crippen LogP contribution in [0.15, 0.2) is 48.5 Å². The number of ether oxygens (including phenoxy) is 2. The van der Waals surface area contributed by atoms with Gasteiger partial charge in [0.25, 0.3) is 0 Å². The predicted octanol–water partition coefficient (Wildman–Crippen LogP) is 4.21. The van der Waals surface area contributed by atoms with E-state index >= 15 is 0 Å². The maximum absolute atomic E-state index is 6.17. The van der Waals surface area contributed by atoms with Crippen LogP contribution in [0.2, 0.25) is 5.02 Å². The van der Waals surface area contributed by atoms with Crippen LogP contribution < -0.4 is 15.2 Å². The Balaban J connectivity index is 1.74. The van der Waals surface area contributed by atoms with Crippen molar-refractivity contribution in [2.24, 2.45) is 5.73 Å². The molecule has 0 saturated carbocycles. The quantitative estimate of drug-likeness (QED) is 0.779. The molecule has 3 nitrogen and oxygen atoms in total. The summed E-state index contributed by atoms with van der Waals surface area (Å²) in [5.41, 5.74) is 6.81. The van der Waals surface area contributed by atoms with Crippen LogP contribution in [0.25, 0.3) is 0 Å². The van der Waals surface area contributed by atoms with Crippen LogP contribution in [-0.4, -0.2) is 13.2 Å². The molecular formula is C17H20ClNO2. The zero-order valence-electron chi connectivity index (χ0n) is 12.1. The molecule has 0 aliphatic carbocycles. The first-order valence-corrected chi connectivity index (χ1v) is 7.40. The van der Waals surface area contributed by atoms with Crippen LogP contribution in [0.3, 0.4) is 0 Å². The van der Waals surface area contributed by atoms with Gasteiger partial charge in [-0.25, -0.2) is 0 Å². The molecule has 4 heteroatoms. The van der Waals surface area contributed by atoms with Crippen LogP contribution in [0.4, 0.5) is 0 Å². The van der Waals surface area contributed by atoms with Crippen molar-refractivity contribution in [2.75, 3.05) is 13.2 Å². The van der Waals surface area contributed by atoms with E-state index in [4.69, 9.17) is 26.8 Å². The molecule has 0 fully saturated rings. The Bertz CT molecular complexity index is 558. The van der Waals surface area contributed by atoms with Gasteiger partial charge >= 0.3 is 0 Å². The zero-order valence-corrected chi connectivity index (χ0v) is 12.8. The number of hydrogen-bond donors (Lipinski definition) is 1. The standard InChI is InChI=1S/C17H20ClNO2/c1-13(19)14-8-9-17(16(18)12-14)21-11-5-10-20-15-6-3-2-4-7-15/h2-4,6-9,12-13H,5,10-11,19H2,1H3/t13-/m0/s1. The smallest absolute Gasteiger partial charge is 0.137 e. The van der Waals surface area contributed by atoms with Crippen molar-refractivity contribution in [3.05, 3.63) is 59.1 Å². The molecule has 2 aromatic carbocycles. The van der Waals surface area contributed by atoms with Gasteiger partial charge in [-0.15, -0.1) is 0 Å². The highest BCUT2D eigenvalue weighted by Gasteiger charge is 2.05. The lowest BCUT2D eigenvalue weighted by Gasteiger charge is -2.11. The van der Waals surface area contributed by atoms with E-state index in [-0.39, 0.29) is 6.04 Å². The monoisotopic (exact) mass is 305 g/mol. The summed E-state index contributed by atoms with van der Waals surface area (Å²) in [6.07, 6.45) is 0.792. The van der Waals surface area contributed by atoms with E-state index in [1.807, 2.05) is 55.5 Å². The van der Waals surface area contributed by atoms with E-state index in [9.17, 15) is 0 Å². The van der Waals surface area contributed by atoms with Crippen LogP contribution in [-0.2, 0) is 0 Å². The Labute approximate surface area is 130 Å². The Morgan fingerprint density at radius 1 is 1.05 bits per heavy atom. The Hall–Kier alpha value is -1.71. The molecule has 0 heterocycles. The molecule has 0 radical (unpaired) electrons. The molecule has 2 rings (SSSR count). The maximum Gasteiger partial charge on any atom is 0.137 e. The summed E-state index contributed by atoms with van der Waals surface area (Å²) >= 11 is 6.17. The van der Waals surface area contributed by atoms with Gasteiger partial charge in [0.1, 0.15) is 11.5 Å². The third kappa shape index (κ3) is 4.96. The first kappa shape index (κ1) is 15.7. The Morgan fingerprint density at radius 2 is 1.76 bits per heavy atom. The number of hydrogen-bond acceptors (Lipinski definition) is 3. The average Bonchev–Trinajstić information content (AvgIpc) is 2.49. The number of nitrogens with two attached hydrogens (primary N) is 1. The van der Waals surface area contributed by atoms with Crippen LogP contribution in [0, 0.1) is 0 Å². The second-order valence-corrected chi connectivity index (χ2v) is 5.25. The molecule has 0 saturated heterocycles. The van der Waals surface area contributed by atoms with Crippen molar-refractivity contribution >= 4 is 11.6 Å². The van der Waals surface area contributed by atoms with Crippen molar-refractivity contribution in [2.45, 2.75) is 19.4 Å². The highest BCUT2D eigenvalue weighted by atomic mass is 35.5. The molecular weight excluding hydrogens is 286 g/mol. The topological polar surface area (TPSA) is 44.5 Å². The number of rotatable bonds is 7. The van der Waals surface area contributed by atoms with Crippen molar-refractivity contribution in [3.8, 4) is 11.5 Å². The first-order chi connectivity index (χ1) is 10.2. The lowest BCUT2D eigenvalue weighted by molar-refractivity contribution is 0.247. The Kier molecular flexibility index (Phi) is 5.90. The molecule has 1 atom stereocenters. The summed E-state index contributed by atoms with van der Waals surface area (Å²) in [5, 5.41) is 0.591. The van der Waals surface area contributed by atoms with Crippen LogP contribution in [0.1, 0.15) is 24.9 Å². The second-order valence-electron chi connectivity index (χ2n) is 4.84. The van der Waals surface area contributed by atoms with Gasteiger partial charge in [-0.2, -0.15) is 0 Å². The average molecular weight is 306 g/mol. The van der Waals surface area contributed by atoms with E-state index < -0.39 is 0 Å². The summed E-state index contributed by atoms with van der Waals surface area (Å²) in [5.74, 6) is 1.55. The molecule has 0 aliphatic rings. The van der Waals surface area contributed by atoms with Gasteiger partial charge in [0.2, 0.25) is 0 Å². The first-order valence-electron chi connectivity index (χ1n) is 7.02. The number of para-hydroxylation sites is 1. The highest BCUT2D eigenvalue weighted by molar-refractivity contribution is 6.32. The van der Waals surface area contributed by atoms with Gasteiger partial charge in [-0.05, 0) is 36.8 Å². The predicted molar refractivity (Wildman–Crippen MR) is 86.1 cm³/mol. The van der Waals surface area contributed by atoms with Crippen LogP contribution >= 0.6 is 11.6 Å². The minimum atomic E-state index is -0.0316. The van der Waals surface area contributed by atoms with E-state index in [2.05, 4.69) is 0 Å². The summed E-state index contributed by atoms with van der Waals surface area (Å²) < 4.78 is 11.3. The van der Waals surface area contributed by atoms with Crippen molar-refractivity contribution in [1.29, 1.82) is 0 Å². The van der Waals surface area contributed by atoms with E-state index in [1.54, 1.807) is 0 Å². The van der Waals surface area contributed by atoms with Gasteiger partial charge in [0.15, 0.2) is 0 Å². The molecule has 112 valence electrons. The molecule has 0 aromatic heterocycles. The lowest BCUT2D eigenvalue weighted by Crippen LogP contribution is -2.07. The van der Waals surface area contributed by atoms with Gasteiger partial charge in [-0.1, -0.05) is 35.9 Å². The second kappa shape index (κ2) is 7.91. The van der Waals surface area contributed by atoms with Crippen molar-refractivity contribution in [1.82, 2.24) is 0 Å². The van der Waals surface area contributed by atoms with E-state index in [0.29, 0.717) is 24.0 Å². The van der Waals surface area contributed by atoms with Gasteiger partial charge in [-0.3, -0.25) is 0 Å². The SMILES string of the molecule is C[C@H](N)c1ccc(OCCCOc2ccccc2)c(Cl)c1.